The van der Waals surface area contributed by atoms with E-state index in [1.807, 2.05) is 71.4 Å². The second-order valence-corrected chi connectivity index (χ2v) is 15.2. The third kappa shape index (κ3) is 8.26. The van der Waals surface area contributed by atoms with Crippen molar-refractivity contribution >= 4 is 46.3 Å². The maximum atomic E-state index is 13.1. The molecule has 3 aliphatic rings. The fourth-order valence-corrected chi connectivity index (χ4v) is 8.51. The summed E-state index contributed by atoms with van der Waals surface area (Å²) in [7, 11) is 0. The van der Waals surface area contributed by atoms with Crippen LogP contribution in [0.15, 0.2) is 84.0 Å². The second kappa shape index (κ2) is 17.2. The number of hydrogen-bond donors (Lipinski definition) is 2. The molecule has 3 aliphatic heterocycles. The Morgan fingerprint density at radius 3 is 2.39 bits per heavy atom. The number of thioether (sulfide) groups is 1. The minimum atomic E-state index is -0.620. The zero-order valence-electron chi connectivity index (χ0n) is 31.0. The van der Waals surface area contributed by atoms with E-state index in [4.69, 9.17) is 25.0 Å². The Hall–Kier alpha value is -5.35. The summed E-state index contributed by atoms with van der Waals surface area (Å²) >= 11 is 1.64. The molecule has 2 saturated heterocycles. The van der Waals surface area contributed by atoms with Crippen LogP contribution in [0.25, 0.3) is 22.3 Å². The number of amides is 3. The van der Waals surface area contributed by atoms with Crippen LogP contribution in [0, 0.1) is 0 Å². The normalized spacial score (nSPS) is 17.8. The molecule has 8 rings (SSSR count). The quantitative estimate of drug-likeness (QED) is 0.0823. The third-order valence-corrected chi connectivity index (χ3v) is 11.5. The minimum absolute atomic E-state index is 0.163. The van der Waals surface area contributed by atoms with Crippen LogP contribution in [0.3, 0.4) is 0 Å². The number of carbonyl (C=O) groups is 3. The van der Waals surface area contributed by atoms with E-state index in [1.165, 1.54) is 6.33 Å². The van der Waals surface area contributed by atoms with E-state index in [1.54, 1.807) is 22.7 Å². The first-order chi connectivity index (χ1) is 27.4. The van der Waals surface area contributed by atoms with Gasteiger partial charge in [0, 0.05) is 54.4 Å². The number of nitrogens with one attached hydrogen (secondary N) is 1. The molecule has 14 nitrogen and oxygen atoms in total. The number of nitrogen functional groups attached to an aromatic ring is 1. The Morgan fingerprint density at radius 1 is 0.839 bits per heavy atom. The molecule has 3 aromatic carbocycles. The Kier molecular flexibility index (Phi) is 11.5. The number of para-hydroxylation sites is 1. The fraction of sp³-hybridized carbons (Fsp3) is 0.366. The van der Waals surface area contributed by atoms with E-state index in [2.05, 4.69) is 20.2 Å². The van der Waals surface area contributed by atoms with Crippen molar-refractivity contribution in [1.82, 2.24) is 34.9 Å². The average Bonchev–Trinajstić information content (AvgIpc) is 3.77. The molecule has 3 N–H and O–H groups in total. The molecule has 0 spiro atoms. The zero-order valence-corrected chi connectivity index (χ0v) is 31.8. The molecule has 56 heavy (non-hydrogen) atoms. The van der Waals surface area contributed by atoms with Gasteiger partial charge in [0.1, 0.15) is 35.4 Å². The summed E-state index contributed by atoms with van der Waals surface area (Å²) in [6.45, 7) is 5.23. The molecule has 5 aromatic rings. The van der Waals surface area contributed by atoms with Crippen LogP contribution >= 0.6 is 11.8 Å². The van der Waals surface area contributed by atoms with Crippen LogP contribution in [0.1, 0.15) is 47.6 Å². The van der Waals surface area contributed by atoms with Crippen molar-refractivity contribution in [3.63, 3.8) is 0 Å². The third-order valence-electron chi connectivity index (χ3n) is 10.5. The number of rotatable bonds is 15. The molecular formula is C41H44N8O6S. The molecule has 1 atom stereocenters. The van der Waals surface area contributed by atoms with Crippen molar-refractivity contribution in [3.8, 4) is 22.8 Å². The number of likely N-dealkylation sites (tertiary alicyclic amines) is 1. The van der Waals surface area contributed by atoms with Crippen molar-refractivity contribution in [1.29, 1.82) is 0 Å². The van der Waals surface area contributed by atoms with E-state index in [-0.39, 0.29) is 24.3 Å². The highest BCUT2D eigenvalue weighted by atomic mass is 32.2. The van der Waals surface area contributed by atoms with Gasteiger partial charge < -0.3 is 29.7 Å². The summed E-state index contributed by atoms with van der Waals surface area (Å²) in [5.41, 5.74) is 10.4. The van der Waals surface area contributed by atoms with Gasteiger partial charge in [-0.2, -0.15) is 5.10 Å². The first-order valence-corrected chi connectivity index (χ1v) is 20.0. The molecule has 3 amide bonds. The van der Waals surface area contributed by atoms with Crippen molar-refractivity contribution in [2.24, 2.45) is 0 Å². The highest BCUT2D eigenvalue weighted by Gasteiger charge is 2.39. The number of ether oxygens (including phenoxy) is 3. The summed E-state index contributed by atoms with van der Waals surface area (Å²) in [5, 5.41) is 8.18. The highest BCUT2D eigenvalue weighted by Crippen LogP contribution is 2.36. The summed E-state index contributed by atoms with van der Waals surface area (Å²) in [4.78, 5) is 51.0. The monoisotopic (exact) mass is 776 g/mol. The van der Waals surface area contributed by atoms with Crippen molar-refractivity contribution in [3.05, 3.63) is 90.3 Å². The number of fused-ring (bicyclic) bond motifs is 2. The van der Waals surface area contributed by atoms with Gasteiger partial charge in [-0.3, -0.25) is 19.7 Å². The molecule has 2 fully saturated rings. The van der Waals surface area contributed by atoms with Crippen LogP contribution in [-0.4, -0.2) is 105 Å². The lowest BCUT2D eigenvalue weighted by Crippen LogP contribution is -2.52. The maximum Gasteiger partial charge on any atom is 0.255 e. The largest absolute Gasteiger partial charge is 0.457 e. The molecule has 1 unspecified atom stereocenters. The van der Waals surface area contributed by atoms with Gasteiger partial charge in [0.05, 0.1) is 37.9 Å². The summed E-state index contributed by atoms with van der Waals surface area (Å²) in [6.07, 6.45) is 3.95. The van der Waals surface area contributed by atoms with E-state index in [0.29, 0.717) is 50.8 Å². The van der Waals surface area contributed by atoms with Gasteiger partial charge in [-0.1, -0.05) is 24.3 Å². The molecule has 0 bridgehead atoms. The van der Waals surface area contributed by atoms with Gasteiger partial charge in [-0.25, -0.2) is 14.6 Å². The molecule has 2 aromatic heterocycles. The smallest absolute Gasteiger partial charge is 0.255 e. The van der Waals surface area contributed by atoms with Gasteiger partial charge >= 0.3 is 0 Å². The van der Waals surface area contributed by atoms with E-state index in [0.717, 1.165) is 82.5 Å². The highest BCUT2D eigenvalue weighted by molar-refractivity contribution is 7.99. The number of nitrogens with zero attached hydrogens (tertiary/aromatic N) is 6. The van der Waals surface area contributed by atoms with Gasteiger partial charge in [0.15, 0.2) is 5.65 Å². The Labute approximate surface area is 328 Å². The van der Waals surface area contributed by atoms with Crippen LogP contribution in [-0.2, 0) is 25.6 Å². The molecule has 290 valence electrons. The number of hydrogen-bond acceptors (Lipinski definition) is 12. The average molecular weight is 777 g/mol. The van der Waals surface area contributed by atoms with Crippen LogP contribution < -0.4 is 15.8 Å². The van der Waals surface area contributed by atoms with E-state index < -0.39 is 11.9 Å². The summed E-state index contributed by atoms with van der Waals surface area (Å²) < 4.78 is 19.8. The first-order valence-electron chi connectivity index (χ1n) is 19.0. The standard InChI is InChI=1S/C41H44N8O6S/c42-38-36-37(27-9-11-30(12-10-27)55-29-5-2-1-3-6-29)46-49(39(36)44-26-43-38)28-15-17-47(18-16-28)19-20-53-21-22-54-23-24-56-34-8-4-7-31-32(34)25-48(41(31)52)33-13-14-35(50)45-40(33)51/h1-12,26,28,33H,13-25H2,(H2,42,43,44)(H,45,50,51). The number of nitrogens with two attached hydrogens (primary N) is 1. The lowest BCUT2D eigenvalue weighted by molar-refractivity contribution is -0.136. The second-order valence-electron chi connectivity index (χ2n) is 14.0. The molecular weight excluding hydrogens is 733 g/mol. The SMILES string of the molecule is Nc1ncnc2c1c(-c1ccc(Oc3ccccc3)cc1)nn2C1CCN(CCOCCOCCSc2cccc3c2CN(C2CCC(=O)NC2=O)C3=O)CC1. The van der Waals surface area contributed by atoms with Gasteiger partial charge in [0.25, 0.3) is 5.91 Å². The first kappa shape index (κ1) is 37.6. The number of benzene rings is 3. The predicted molar refractivity (Wildman–Crippen MR) is 211 cm³/mol. The van der Waals surface area contributed by atoms with Gasteiger partial charge in [-0.05, 0) is 73.4 Å². The van der Waals surface area contributed by atoms with Crippen molar-refractivity contribution in [2.45, 2.75) is 49.2 Å². The zero-order chi connectivity index (χ0) is 38.4. The lowest BCUT2D eigenvalue weighted by Gasteiger charge is -2.32. The summed E-state index contributed by atoms with van der Waals surface area (Å²) in [6, 6.07) is 22.8. The van der Waals surface area contributed by atoms with Gasteiger partial charge in [-0.15, -0.1) is 11.8 Å². The molecule has 0 radical (unpaired) electrons. The fourth-order valence-electron chi connectivity index (χ4n) is 7.56. The number of anilines is 1. The van der Waals surface area contributed by atoms with E-state index >= 15 is 0 Å². The molecule has 0 saturated carbocycles. The maximum absolute atomic E-state index is 13.1. The lowest BCUT2D eigenvalue weighted by atomic mass is 10.0. The Morgan fingerprint density at radius 2 is 1.61 bits per heavy atom. The summed E-state index contributed by atoms with van der Waals surface area (Å²) in [5.74, 6) is 1.79. The minimum Gasteiger partial charge on any atom is -0.457 e. The van der Waals surface area contributed by atoms with Crippen LogP contribution in [0.5, 0.6) is 11.5 Å². The molecule has 5 heterocycles. The van der Waals surface area contributed by atoms with Crippen LogP contribution in [0.2, 0.25) is 0 Å². The number of piperidine rings is 2. The van der Waals surface area contributed by atoms with Crippen molar-refractivity contribution < 1.29 is 28.6 Å². The Balaban J connectivity index is 0.752. The van der Waals surface area contributed by atoms with E-state index in [9.17, 15) is 14.4 Å². The molecule has 0 aliphatic carbocycles. The number of imide groups is 1. The predicted octanol–water partition coefficient (Wildman–Crippen LogP) is 5.09. The van der Waals surface area contributed by atoms with Crippen LogP contribution in [0.4, 0.5) is 5.82 Å². The molecule has 15 heteroatoms. The number of aromatic nitrogens is 4. The Bertz CT molecular complexity index is 2190. The van der Waals surface area contributed by atoms with Gasteiger partial charge in [0.2, 0.25) is 11.8 Å². The van der Waals surface area contributed by atoms with Crippen molar-refractivity contribution in [2.75, 3.05) is 57.5 Å². The number of carbonyl (C=O) groups excluding carboxylic acids is 3. The topological polar surface area (TPSA) is 167 Å².